The summed E-state index contributed by atoms with van der Waals surface area (Å²) in [6.45, 7) is 0. The lowest BCUT2D eigenvalue weighted by Crippen LogP contribution is -2.24. The van der Waals surface area contributed by atoms with Gasteiger partial charge in [-0.1, -0.05) is 23.7 Å². The van der Waals surface area contributed by atoms with Crippen LogP contribution in [0.1, 0.15) is 4.88 Å². The summed E-state index contributed by atoms with van der Waals surface area (Å²) >= 11 is 7.34. The van der Waals surface area contributed by atoms with Crippen LogP contribution in [-0.4, -0.2) is 12.2 Å². The molecule has 92 valence electrons. The fraction of sp³-hybridized carbons (Fsp3) is 0. The third-order valence-corrected chi connectivity index (χ3v) is 3.03. The van der Waals surface area contributed by atoms with Gasteiger partial charge in [0.1, 0.15) is 0 Å². The number of thiophene rings is 1. The molecule has 0 aliphatic rings. The van der Waals surface area contributed by atoms with Crippen molar-refractivity contribution in [3.05, 3.63) is 51.7 Å². The second-order valence-electron chi connectivity index (χ2n) is 3.35. The molecule has 2 N–H and O–H groups in total. The van der Waals surface area contributed by atoms with Gasteiger partial charge in [-0.2, -0.15) is 5.10 Å². The van der Waals surface area contributed by atoms with Gasteiger partial charge in [-0.05, 0) is 29.6 Å². The Balaban J connectivity index is 1.86. The Bertz CT molecular complexity index is 554. The fourth-order valence-electron chi connectivity index (χ4n) is 1.24. The molecular weight excluding hydrogens is 270 g/mol. The molecule has 18 heavy (non-hydrogen) atoms. The first-order valence-electron chi connectivity index (χ1n) is 5.13. The molecule has 2 amide bonds. The summed E-state index contributed by atoms with van der Waals surface area (Å²) in [6, 6.07) is 10.3. The minimum absolute atomic E-state index is 0.412. The molecule has 0 unspecified atom stereocenters. The molecule has 0 fully saturated rings. The SMILES string of the molecule is O=C(N/N=C\c1cccs1)Nc1cccc(Cl)c1. The van der Waals surface area contributed by atoms with Crippen molar-refractivity contribution in [3.63, 3.8) is 0 Å². The van der Waals surface area contributed by atoms with Gasteiger partial charge in [0, 0.05) is 15.6 Å². The van der Waals surface area contributed by atoms with Crippen molar-refractivity contribution in [3.8, 4) is 0 Å². The van der Waals surface area contributed by atoms with E-state index in [0.717, 1.165) is 4.88 Å². The summed E-state index contributed by atoms with van der Waals surface area (Å²) in [5.74, 6) is 0. The number of benzene rings is 1. The quantitative estimate of drug-likeness (QED) is 0.655. The highest BCUT2D eigenvalue weighted by molar-refractivity contribution is 7.11. The Kier molecular flexibility index (Phi) is 4.33. The number of halogens is 1. The predicted molar refractivity (Wildman–Crippen MR) is 75.5 cm³/mol. The average Bonchev–Trinajstić information content (AvgIpc) is 2.82. The zero-order valence-electron chi connectivity index (χ0n) is 9.26. The molecule has 0 aliphatic heterocycles. The van der Waals surface area contributed by atoms with E-state index in [0.29, 0.717) is 10.7 Å². The van der Waals surface area contributed by atoms with Crippen LogP contribution in [0.5, 0.6) is 0 Å². The molecule has 1 aromatic heterocycles. The van der Waals surface area contributed by atoms with E-state index in [1.54, 1.807) is 41.8 Å². The molecule has 0 radical (unpaired) electrons. The first-order chi connectivity index (χ1) is 8.74. The number of carbonyl (C=O) groups excluding carboxylic acids is 1. The van der Waals surface area contributed by atoms with Gasteiger partial charge in [0.2, 0.25) is 0 Å². The number of urea groups is 1. The van der Waals surface area contributed by atoms with E-state index in [1.807, 2.05) is 17.5 Å². The molecule has 6 heteroatoms. The number of hydrogen-bond donors (Lipinski definition) is 2. The summed E-state index contributed by atoms with van der Waals surface area (Å²) in [5, 5.41) is 8.94. The number of nitrogens with zero attached hydrogens (tertiary/aromatic N) is 1. The lowest BCUT2D eigenvalue weighted by molar-refractivity contribution is 0.252. The number of hydrogen-bond acceptors (Lipinski definition) is 3. The van der Waals surface area contributed by atoms with Gasteiger partial charge in [-0.3, -0.25) is 0 Å². The van der Waals surface area contributed by atoms with Crippen molar-refractivity contribution in [1.29, 1.82) is 0 Å². The van der Waals surface area contributed by atoms with Gasteiger partial charge in [0.15, 0.2) is 0 Å². The van der Waals surface area contributed by atoms with Gasteiger partial charge in [-0.25, -0.2) is 10.2 Å². The van der Waals surface area contributed by atoms with E-state index in [9.17, 15) is 4.79 Å². The number of carbonyl (C=O) groups is 1. The van der Waals surface area contributed by atoms with E-state index >= 15 is 0 Å². The van der Waals surface area contributed by atoms with Gasteiger partial charge in [0.25, 0.3) is 0 Å². The summed E-state index contributed by atoms with van der Waals surface area (Å²) in [4.78, 5) is 12.4. The first kappa shape index (κ1) is 12.6. The Morgan fingerprint density at radius 3 is 2.94 bits per heavy atom. The fourth-order valence-corrected chi connectivity index (χ4v) is 2.02. The molecule has 0 spiro atoms. The maximum atomic E-state index is 11.5. The topological polar surface area (TPSA) is 53.5 Å². The van der Waals surface area contributed by atoms with Gasteiger partial charge in [-0.15, -0.1) is 11.3 Å². The summed E-state index contributed by atoms with van der Waals surface area (Å²) < 4.78 is 0. The smallest absolute Gasteiger partial charge is 0.306 e. The Morgan fingerprint density at radius 2 is 2.22 bits per heavy atom. The number of amides is 2. The van der Waals surface area contributed by atoms with Crippen molar-refractivity contribution in [2.75, 3.05) is 5.32 Å². The van der Waals surface area contributed by atoms with Crippen LogP contribution in [0.15, 0.2) is 46.9 Å². The minimum Gasteiger partial charge on any atom is -0.306 e. The molecule has 0 atom stereocenters. The number of nitrogens with one attached hydrogen (secondary N) is 2. The van der Waals surface area contributed by atoms with Crippen molar-refractivity contribution < 1.29 is 4.79 Å². The van der Waals surface area contributed by atoms with Crippen molar-refractivity contribution in [1.82, 2.24) is 5.43 Å². The van der Waals surface area contributed by atoms with Crippen LogP contribution in [0.2, 0.25) is 5.02 Å². The van der Waals surface area contributed by atoms with Crippen LogP contribution in [0, 0.1) is 0 Å². The largest absolute Gasteiger partial charge is 0.339 e. The summed E-state index contributed by atoms with van der Waals surface area (Å²) in [6.07, 6.45) is 1.59. The van der Waals surface area contributed by atoms with Gasteiger partial charge in [0.05, 0.1) is 6.21 Å². The first-order valence-corrected chi connectivity index (χ1v) is 6.39. The zero-order valence-corrected chi connectivity index (χ0v) is 10.8. The number of anilines is 1. The molecule has 2 rings (SSSR count). The molecule has 4 nitrogen and oxygen atoms in total. The Hall–Kier alpha value is -1.85. The molecule has 0 bridgehead atoms. The van der Waals surface area contributed by atoms with Crippen LogP contribution in [0.3, 0.4) is 0 Å². The molecular formula is C12H10ClN3OS. The lowest BCUT2D eigenvalue weighted by Gasteiger charge is -2.03. The third kappa shape index (κ3) is 3.87. The highest BCUT2D eigenvalue weighted by Gasteiger charge is 1.99. The minimum atomic E-state index is -0.412. The highest BCUT2D eigenvalue weighted by Crippen LogP contribution is 2.14. The average molecular weight is 280 g/mol. The summed E-state index contributed by atoms with van der Waals surface area (Å²) in [5.41, 5.74) is 2.99. The van der Waals surface area contributed by atoms with E-state index in [2.05, 4.69) is 15.8 Å². The molecule has 1 aromatic carbocycles. The van der Waals surface area contributed by atoms with Crippen molar-refractivity contribution in [2.45, 2.75) is 0 Å². The normalized spacial score (nSPS) is 10.5. The van der Waals surface area contributed by atoms with E-state index < -0.39 is 6.03 Å². The van der Waals surface area contributed by atoms with Crippen LogP contribution >= 0.6 is 22.9 Å². The Labute approximate surface area is 113 Å². The second-order valence-corrected chi connectivity index (χ2v) is 4.77. The predicted octanol–water partition coefficient (Wildman–Crippen LogP) is 3.56. The highest BCUT2D eigenvalue weighted by atomic mass is 35.5. The summed E-state index contributed by atoms with van der Waals surface area (Å²) in [7, 11) is 0. The van der Waals surface area contributed by atoms with Crippen LogP contribution < -0.4 is 10.7 Å². The maximum Gasteiger partial charge on any atom is 0.339 e. The zero-order chi connectivity index (χ0) is 12.8. The van der Waals surface area contributed by atoms with Crippen molar-refractivity contribution >= 4 is 40.9 Å². The van der Waals surface area contributed by atoms with Gasteiger partial charge < -0.3 is 5.32 Å². The standard InChI is InChI=1S/C12H10ClN3OS/c13-9-3-1-4-10(7-9)15-12(17)16-14-8-11-5-2-6-18-11/h1-8H,(H2,15,16,17)/b14-8-. The van der Waals surface area contributed by atoms with E-state index in [4.69, 9.17) is 11.6 Å². The van der Waals surface area contributed by atoms with Crippen LogP contribution in [-0.2, 0) is 0 Å². The lowest BCUT2D eigenvalue weighted by atomic mass is 10.3. The van der Waals surface area contributed by atoms with Crippen LogP contribution in [0.25, 0.3) is 0 Å². The number of hydrazone groups is 1. The maximum absolute atomic E-state index is 11.5. The van der Waals surface area contributed by atoms with Gasteiger partial charge >= 0.3 is 6.03 Å². The molecule has 0 saturated carbocycles. The van der Waals surface area contributed by atoms with E-state index in [-0.39, 0.29) is 0 Å². The molecule has 2 aromatic rings. The molecule has 0 aliphatic carbocycles. The molecule has 0 saturated heterocycles. The third-order valence-electron chi connectivity index (χ3n) is 1.98. The van der Waals surface area contributed by atoms with Crippen molar-refractivity contribution in [2.24, 2.45) is 5.10 Å². The second kappa shape index (κ2) is 6.18. The number of rotatable bonds is 3. The monoisotopic (exact) mass is 279 g/mol. The Morgan fingerprint density at radius 1 is 1.33 bits per heavy atom. The molecule has 1 heterocycles. The van der Waals surface area contributed by atoms with Crippen LogP contribution in [0.4, 0.5) is 10.5 Å². The van der Waals surface area contributed by atoms with E-state index in [1.165, 1.54) is 0 Å².